The summed E-state index contributed by atoms with van der Waals surface area (Å²) in [6.07, 6.45) is 3.50. The number of benzene rings is 1. The Bertz CT molecular complexity index is 1480. The summed E-state index contributed by atoms with van der Waals surface area (Å²) in [5.41, 5.74) is 13.7. The van der Waals surface area contributed by atoms with E-state index in [0.717, 1.165) is 43.3 Å². The molecule has 33 heavy (non-hydrogen) atoms. The van der Waals surface area contributed by atoms with Crippen molar-refractivity contribution in [3.05, 3.63) is 81.8 Å². The van der Waals surface area contributed by atoms with Gasteiger partial charge in [0.15, 0.2) is 0 Å². The van der Waals surface area contributed by atoms with Crippen LogP contribution in [0.4, 0.5) is 5.69 Å². The molecule has 0 bridgehead atoms. The number of aryl methyl sites for hydroxylation is 2. The number of para-hydroxylation sites is 1. The fourth-order valence-electron chi connectivity index (χ4n) is 3.65. The van der Waals surface area contributed by atoms with E-state index in [2.05, 4.69) is 15.5 Å². The molecule has 0 saturated carbocycles. The average molecular weight is 473 g/mol. The topological polar surface area (TPSA) is 98.2 Å². The average Bonchev–Trinajstić information content (AvgIpc) is 3.53. The number of rotatable bonds is 5. The van der Waals surface area contributed by atoms with Gasteiger partial charge in [-0.25, -0.2) is 15.1 Å². The molecule has 0 atom stereocenters. The molecule has 0 aliphatic heterocycles. The van der Waals surface area contributed by atoms with Crippen LogP contribution in [0.3, 0.4) is 0 Å². The van der Waals surface area contributed by atoms with E-state index < -0.39 is 0 Å². The van der Waals surface area contributed by atoms with Crippen molar-refractivity contribution in [1.29, 1.82) is 0 Å². The number of nitrogens with zero attached hydrogens (tertiary/aromatic N) is 4. The van der Waals surface area contributed by atoms with Crippen LogP contribution in [0.2, 0.25) is 0 Å². The van der Waals surface area contributed by atoms with E-state index >= 15 is 0 Å². The summed E-state index contributed by atoms with van der Waals surface area (Å²) < 4.78 is 1.80. The third-order valence-electron chi connectivity index (χ3n) is 5.12. The van der Waals surface area contributed by atoms with Gasteiger partial charge in [-0.1, -0.05) is 24.3 Å². The lowest BCUT2D eigenvalue weighted by molar-refractivity contribution is 0.0960. The highest BCUT2D eigenvalue weighted by Gasteiger charge is 2.19. The third-order valence-corrected chi connectivity index (χ3v) is 7.09. The van der Waals surface area contributed by atoms with E-state index in [1.54, 1.807) is 22.2 Å². The molecular weight excluding hydrogens is 452 g/mol. The largest absolute Gasteiger partial charge is 0.397 e. The molecule has 1 amide bonds. The zero-order valence-corrected chi connectivity index (χ0v) is 19.6. The van der Waals surface area contributed by atoms with Gasteiger partial charge in [0.05, 0.1) is 22.5 Å². The first-order chi connectivity index (χ1) is 16.0. The summed E-state index contributed by atoms with van der Waals surface area (Å²) in [6, 6.07) is 15.8. The molecule has 164 valence electrons. The van der Waals surface area contributed by atoms with Crippen molar-refractivity contribution < 1.29 is 4.79 Å². The van der Waals surface area contributed by atoms with Gasteiger partial charge < -0.3 is 5.73 Å². The lowest BCUT2D eigenvalue weighted by atomic mass is 10.1. The number of nitrogen functional groups attached to an aromatic ring is 1. The summed E-state index contributed by atoms with van der Waals surface area (Å²) >= 11 is 2.87. The van der Waals surface area contributed by atoms with Gasteiger partial charge in [-0.3, -0.25) is 4.79 Å². The highest BCUT2D eigenvalue weighted by atomic mass is 32.1. The molecule has 0 unspecified atom stereocenters. The predicted octanol–water partition coefficient (Wildman–Crippen LogP) is 5.17. The number of pyridine rings is 1. The normalized spacial score (nSPS) is 11.5. The number of hydrogen-bond acceptors (Lipinski definition) is 7. The molecule has 1 aromatic carbocycles. The number of hydrazone groups is 1. The first-order valence-corrected chi connectivity index (χ1v) is 11.9. The maximum Gasteiger partial charge on any atom is 0.283 e. The van der Waals surface area contributed by atoms with E-state index in [1.807, 2.05) is 74.0 Å². The van der Waals surface area contributed by atoms with Crippen molar-refractivity contribution in [3.63, 3.8) is 0 Å². The molecule has 3 N–H and O–H groups in total. The van der Waals surface area contributed by atoms with Crippen LogP contribution in [0.25, 0.3) is 26.5 Å². The van der Waals surface area contributed by atoms with Crippen molar-refractivity contribution in [2.24, 2.45) is 5.10 Å². The molecule has 9 heteroatoms. The highest BCUT2D eigenvalue weighted by Crippen LogP contribution is 2.35. The zero-order chi connectivity index (χ0) is 22.9. The predicted molar refractivity (Wildman–Crippen MR) is 135 cm³/mol. The molecule has 0 saturated heterocycles. The SMILES string of the molecule is Cc1cc(C)c2c(N)c(C(=O)NN=Cc3cn(-c4ccccc4)nc3-c3cccs3)sc2n1. The van der Waals surface area contributed by atoms with Gasteiger partial charge in [0.25, 0.3) is 5.91 Å². The minimum atomic E-state index is -0.364. The van der Waals surface area contributed by atoms with Gasteiger partial charge >= 0.3 is 0 Å². The summed E-state index contributed by atoms with van der Waals surface area (Å²) in [4.78, 5) is 19.5. The van der Waals surface area contributed by atoms with Crippen molar-refractivity contribution >= 4 is 50.7 Å². The van der Waals surface area contributed by atoms with Gasteiger partial charge in [-0.05, 0) is 49.1 Å². The molecule has 0 spiro atoms. The Labute approximate surface area is 198 Å². The van der Waals surface area contributed by atoms with Gasteiger partial charge in [0, 0.05) is 22.8 Å². The summed E-state index contributed by atoms with van der Waals surface area (Å²) in [6.45, 7) is 3.89. The molecule has 0 radical (unpaired) electrons. The number of thiophene rings is 2. The van der Waals surface area contributed by atoms with Crippen LogP contribution in [0.15, 0.2) is 65.2 Å². The fourth-order valence-corrected chi connectivity index (χ4v) is 5.49. The fraction of sp³-hybridized carbons (Fsp3) is 0.0833. The number of fused-ring (bicyclic) bond motifs is 1. The highest BCUT2D eigenvalue weighted by molar-refractivity contribution is 7.21. The Kier molecular flexibility index (Phi) is 5.49. The number of aromatic nitrogens is 3. The first kappa shape index (κ1) is 21.0. The van der Waals surface area contributed by atoms with E-state index in [-0.39, 0.29) is 5.91 Å². The molecular formula is C24H20N6OS2. The maximum atomic E-state index is 12.8. The van der Waals surface area contributed by atoms with Gasteiger partial charge in [0.2, 0.25) is 0 Å². The van der Waals surface area contributed by atoms with E-state index in [0.29, 0.717) is 10.6 Å². The lowest BCUT2D eigenvalue weighted by Gasteiger charge is -2.00. The van der Waals surface area contributed by atoms with Crippen LogP contribution in [0.5, 0.6) is 0 Å². The number of carbonyl (C=O) groups excluding carboxylic acids is 1. The zero-order valence-electron chi connectivity index (χ0n) is 17.9. The maximum absolute atomic E-state index is 12.8. The lowest BCUT2D eigenvalue weighted by Crippen LogP contribution is -2.17. The van der Waals surface area contributed by atoms with E-state index in [9.17, 15) is 4.79 Å². The van der Waals surface area contributed by atoms with Crippen LogP contribution in [0.1, 0.15) is 26.5 Å². The Morgan fingerprint density at radius 1 is 1.18 bits per heavy atom. The minimum absolute atomic E-state index is 0.364. The molecule has 5 rings (SSSR count). The number of anilines is 1. The van der Waals surface area contributed by atoms with E-state index in [1.165, 1.54) is 11.3 Å². The molecule has 0 aliphatic rings. The number of carbonyl (C=O) groups is 1. The number of nitrogens with two attached hydrogens (primary N) is 1. The Hall–Kier alpha value is -3.82. The van der Waals surface area contributed by atoms with Crippen molar-refractivity contribution in [1.82, 2.24) is 20.2 Å². The first-order valence-electron chi connectivity index (χ1n) is 10.2. The second-order valence-corrected chi connectivity index (χ2v) is 9.44. The smallest absolute Gasteiger partial charge is 0.283 e. The number of nitrogens with one attached hydrogen (secondary N) is 1. The quantitative estimate of drug-likeness (QED) is 0.272. The Balaban J connectivity index is 1.43. The van der Waals surface area contributed by atoms with E-state index in [4.69, 9.17) is 10.8 Å². The van der Waals surface area contributed by atoms with Crippen molar-refractivity contribution in [2.75, 3.05) is 5.73 Å². The standard InChI is InChI=1S/C24H20N6OS2/c1-14-11-15(2)27-24-19(14)20(25)22(33-24)23(31)28-26-12-16-13-30(17-7-4-3-5-8-17)29-21(16)18-9-6-10-32-18/h3-13H,25H2,1-2H3,(H,28,31). The third kappa shape index (κ3) is 4.04. The Morgan fingerprint density at radius 3 is 2.76 bits per heavy atom. The van der Waals surface area contributed by atoms with Crippen LogP contribution >= 0.6 is 22.7 Å². The summed E-state index contributed by atoms with van der Waals surface area (Å²) in [5.74, 6) is -0.364. The van der Waals surface area contributed by atoms with Crippen LogP contribution in [-0.4, -0.2) is 26.9 Å². The molecule has 0 fully saturated rings. The van der Waals surface area contributed by atoms with Crippen molar-refractivity contribution in [2.45, 2.75) is 13.8 Å². The van der Waals surface area contributed by atoms with Crippen molar-refractivity contribution in [3.8, 4) is 16.3 Å². The monoisotopic (exact) mass is 472 g/mol. The number of hydrogen-bond donors (Lipinski definition) is 2. The second-order valence-electron chi connectivity index (χ2n) is 7.50. The summed E-state index contributed by atoms with van der Waals surface area (Å²) in [5, 5.41) is 11.8. The second kappa shape index (κ2) is 8.61. The summed E-state index contributed by atoms with van der Waals surface area (Å²) in [7, 11) is 0. The molecule has 5 aromatic rings. The van der Waals surface area contributed by atoms with Crippen LogP contribution in [0, 0.1) is 13.8 Å². The number of amides is 1. The van der Waals surface area contributed by atoms with Gasteiger partial charge in [-0.2, -0.15) is 10.2 Å². The van der Waals surface area contributed by atoms with Gasteiger partial charge in [-0.15, -0.1) is 22.7 Å². The van der Waals surface area contributed by atoms with Crippen LogP contribution < -0.4 is 11.2 Å². The molecule has 4 aromatic heterocycles. The molecule has 0 aliphatic carbocycles. The van der Waals surface area contributed by atoms with Crippen LogP contribution in [-0.2, 0) is 0 Å². The van der Waals surface area contributed by atoms with Gasteiger partial charge in [0.1, 0.15) is 15.4 Å². The minimum Gasteiger partial charge on any atom is -0.397 e. The molecule has 4 heterocycles. The molecule has 7 nitrogen and oxygen atoms in total. The Morgan fingerprint density at radius 2 is 2.00 bits per heavy atom.